The van der Waals surface area contributed by atoms with Gasteiger partial charge in [-0.15, -0.1) is 10.2 Å². The van der Waals surface area contributed by atoms with Crippen molar-refractivity contribution in [2.75, 3.05) is 29.9 Å². The Hall–Kier alpha value is -6.04. The molecule has 0 unspecified atom stereocenters. The molecule has 3 rings (SSSR count). The highest BCUT2D eigenvalue weighted by Crippen LogP contribution is 2.38. The van der Waals surface area contributed by atoms with E-state index in [9.17, 15) is 39.9 Å². The van der Waals surface area contributed by atoms with Crippen LogP contribution in [0.4, 0.5) is 34.1 Å². The van der Waals surface area contributed by atoms with Crippen LogP contribution in [0.5, 0.6) is 0 Å². The fourth-order valence-electron chi connectivity index (χ4n) is 3.86. The van der Waals surface area contributed by atoms with E-state index in [0.29, 0.717) is 23.9 Å². The van der Waals surface area contributed by atoms with Crippen LogP contribution in [0.3, 0.4) is 0 Å². The number of azo groups is 1. The molecule has 0 aromatic heterocycles. The van der Waals surface area contributed by atoms with Crippen LogP contribution < -0.4 is 10.2 Å². The summed E-state index contributed by atoms with van der Waals surface area (Å²) in [7, 11) is 0. The Morgan fingerprint density at radius 1 is 1.02 bits per heavy atom. The Balaban J connectivity index is 1.81. The minimum absolute atomic E-state index is 0.0341. The number of nitro benzene ring substituents is 2. The molecule has 0 atom stereocenters. The number of amides is 1. The molecule has 0 aliphatic rings. The minimum atomic E-state index is -0.915. The van der Waals surface area contributed by atoms with Gasteiger partial charge in [0.2, 0.25) is 5.91 Å². The number of carbonyl (C=O) groups is 3. The normalized spacial score (nSPS) is 10.5. The van der Waals surface area contributed by atoms with Crippen molar-refractivity contribution in [3.63, 3.8) is 0 Å². The predicted octanol–water partition coefficient (Wildman–Crippen LogP) is 5.39. The van der Waals surface area contributed by atoms with Gasteiger partial charge in [-0.2, -0.15) is 5.26 Å². The quantitative estimate of drug-likeness (QED) is 0.0885. The minimum Gasteiger partial charge on any atom is -0.457 e. The van der Waals surface area contributed by atoms with Gasteiger partial charge in [0.05, 0.1) is 33.6 Å². The first-order valence-electron chi connectivity index (χ1n) is 12.7. The highest BCUT2D eigenvalue weighted by Gasteiger charge is 2.25. The van der Waals surface area contributed by atoms with E-state index in [1.54, 1.807) is 48.5 Å². The Bertz CT molecular complexity index is 1630. The van der Waals surface area contributed by atoms with E-state index >= 15 is 0 Å². The fourth-order valence-corrected chi connectivity index (χ4v) is 3.86. The van der Waals surface area contributed by atoms with Crippen molar-refractivity contribution in [2.24, 2.45) is 10.2 Å². The van der Waals surface area contributed by atoms with E-state index in [1.165, 1.54) is 13.0 Å². The average molecular weight is 588 g/mol. The summed E-state index contributed by atoms with van der Waals surface area (Å²) in [5.41, 5.74) is -1.11. The van der Waals surface area contributed by atoms with E-state index in [2.05, 4.69) is 15.5 Å². The molecule has 3 aromatic carbocycles. The van der Waals surface area contributed by atoms with Gasteiger partial charge in [-0.3, -0.25) is 34.6 Å². The molecule has 43 heavy (non-hydrogen) atoms. The van der Waals surface area contributed by atoms with Crippen LogP contribution in [0.1, 0.15) is 36.2 Å². The first-order valence-corrected chi connectivity index (χ1v) is 12.7. The van der Waals surface area contributed by atoms with Gasteiger partial charge in [0.1, 0.15) is 11.8 Å². The maximum absolute atomic E-state index is 12.3. The van der Waals surface area contributed by atoms with Crippen LogP contribution >= 0.6 is 0 Å². The number of ether oxygens (including phenoxy) is 1. The number of nitrogens with zero attached hydrogens (tertiary/aromatic N) is 6. The number of non-ortho nitro benzene ring substituents is 1. The number of Topliss-reactive ketones (excluding diaryl/α,β-unsaturated/α-hetero) is 1. The molecule has 0 spiro atoms. The second-order valence-corrected chi connectivity index (χ2v) is 8.85. The molecule has 0 bridgehead atoms. The first-order chi connectivity index (χ1) is 20.5. The predicted molar refractivity (Wildman–Crippen MR) is 154 cm³/mol. The highest BCUT2D eigenvalue weighted by atomic mass is 16.6. The Morgan fingerprint density at radius 2 is 1.74 bits per heavy atom. The molecule has 0 aliphatic carbocycles. The van der Waals surface area contributed by atoms with Gasteiger partial charge in [-0.05, 0) is 25.1 Å². The molecule has 220 valence electrons. The van der Waals surface area contributed by atoms with E-state index < -0.39 is 44.3 Å². The molecule has 1 N–H and O–H groups in total. The molecule has 1 amide bonds. The van der Waals surface area contributed by atoms with Crippen LogP contribution in [0, 0.1) is 31.6 Å². The van der Waals surface area contributed by atoms with Crippen LogP contribution in [0.2, 0.25) is 0 Å². The number of nitrogens with one attached hydrogen (secondary N) is 1. The fraction of sp³-hybridized carbons (Fsp3) is 0.214. The Labute approximate surface area is 244 Å². The van der Waals surface area contributed by atoms with Gasteiger partial charge in [0.15, 0.2) is 18.1 Å². The second-order valence-electron chi connectivity index (χ2n) is 8.85. The first kappa shape index (κ1) is 31.5. The Morgan fingerprint density at radius 3 is 2.35 bits per heavy atom. The topological polar surface area (TPSA) is 210 Å². The van der Waals surface area contributed by atoms with Crippen LogP contribution in [0.25, 0.3) is 0 Å². The maximum atomic E-state index is 12.3. The van der Waals surface area contributed by atoms with E-state index in [-0.39, 0.29) is 36.7 Å². The van der Waals surface area contributed by atoms with E-state index in [1.807, 2.05) is 11.8 Å². The summed E-state index contributed by atoms with van der Waals surface area (Å²) >= 11 is 0. The number of esters is 1. The van der Waals surface area contributed by atoms with Crippen molar-refractivity contribution in [2.45, 2.75) is 20.3 Å². The molecule has 0 fully saturated rings. The van der Waals surface area contributed by atoms with E-state index in [4.69, 9.17) is 4.74 Å². The number of carbonyl (C=O) groups excluding carboxylic acids is 3. The van der Waals surface area contributed by atoms with Gasteiger partial charge >= 0.3 is 11.7 Å². The number of hydrogen-bond donors (Lipinski definition) is 1. The lowest BCUT2D eigenvalue weighted by molar-refractivity contribution is -0.393. The number of hydrogen-bond acceptors (Lipinski definition) is 12. The van der Waals surface area contributed by atoms with Gasteiger partial charge in [0.25, 0.3) is 5.69 Å². The zero-order chi connectivity index (χ0) is 31.5. The molecule has 0 heterocycles. The molecule has 0 radical (unpaired) electrons. The van der Waals surface area contributed by atoms with Crippen molar-refractivity contribution in [1.29, 1.82) is 5.26 Å². The summed E-state index contributed by atoms with van der Waals surface area (Å²) in [5.74, 6) is -1.36. The summed E-state index contributed by atoms with van der Waals surface area (Å²) < 4.78 is 5.12. The zero-order valence-corrected chi connectivity index (χ0v) is 23.1. The zero-order valence-electron chi connectivity index (χ0n) is 23.1. The van der Waals surface area contributed by atoms with Crippen molar-refractivity contribution < 1.29 is 29.0 Å². The molecule has 15 heteroatoms. The monoisotopic (exact) mass is 587 g/mol. The van der Waals surface area contributed by atoms with Gasteiger partial charge in [-0.1, -0.05) is 30.3 Å². The Kier molecular flexibility index (Phi) is 10.7. The molecule has 0 aliphatic heterocycles. The number of anilines is 2. The molecule has 3 aromatic rings. The number of nitriles is 1. The molecule has 0 saturated carbocycles. The largest absolute Gasteiger partial charge is 0.457 e. The highest BCUT2D eigenvalue weighted by molar-refractivity contribution is 5.98. The van der Waals surface area contributed by atoms with Crippen molar-refractivity contribution in [3.8, 4) is 6.07 Å². The third-order valence-electron chi connectivity index (χ3n) is 5.94. The average Bonchev–Trinajstić information content (AvgIpc) is 2.99. The summed E-state index contributed by atoms with van der Waals surface area (Å²) in [6.07, 6.45) is -0.0341. The molecule has 15 nitrogen and oxygen atoms in total. The third-order valence-corrected chi connectivity index (χ3v) is 5.94. The lowest BCUT2D eigenvalue weighted by Crippen LogP contribution is -2.27. The SMILES string of the molecule is CCN(CCC(=O)OCC(=O)c1ccccc1)c1ccc(N=Nc2c(C#N)cc([N+](=O)[O-])cc2[N+](=O)[O-])c(NC(C)=O)c1. The molecular formula is C28H25N7O8. The number of rotatable bonds is 13. The van der Waals surface area contributed by atoms with E-state index in [0.717, 1.165) is 6.07 Å². The van der Waals surface area contributed by atoms with Crippen LogP contribution in [-0.2, 0) is 14.3 Å². The smallest absolute Gasteiger partial charge is 0.308 e. The summed E-state index contributed by atoms with van der Waals surface area (Å²) in [5, 5.41) is 42.5. The number of nitro groups is 2. The summed E-state index contributed by atoms with van der Waals surface area (Å²) in [6, 6.07) is 16.2. The summed E-state index contributed by atoms with van der Waals surface area (Å²) in [4.78, 5) is 59.1. The standard InChI is InChI=1S/C28H25N7O8/c1-3-33(12-11-27(38)43-17-26(37)19-7-5-4-6-8-19)21-9-10-23(24(14-21)30-18(2)36)31-32-28-20(16-29)13-22(34(39)40)15-25(28)35(41)42/h4-10,13-15H,3,11-12,17H2,1-2H3,(H,30,36). The lowest BCUT2D eigenvalue weighted by Gasteiger charge is -2.23. The van der Waals surface area contributed by atoms with Crippen molar-refractivity contribution in [1.82, 2.24) is 0 Å². The number of benzene rings is 3. The van der Waals surface area contributed by atoms with Crippen LogP contribution in [0.15, 0.2) is 70.9 Å². The van der Waals surface area contributed by atoms with Gasteiger partial charge in [-0.25, -0.2) is 0 Å². The maximum Gasteiger partial charge on any atom is 0.308 e. The molecular weight excluding hydrogens is 562 g/mol. The van der Waals surface area contributed by atoms with Gasteiger partial charge in [0, 0.05) is 37.3 Å². The third kappa shape index (κ3) is 8.47. The number of ketones is 1. The molecule has 0 saturated heterocycles. The van der Waals surface area contributed by atoms with Crippen LogP contribution in [-0.4, -0.2) is 47.2 Å². The van der Waals surface area contributed by atoms with Crippen molar-refractivity contribution >= 4 is 51.8 Å². The van der Waals surface area contributed by atoms with Gasteiger partial charge < -0.3 is 15.0 Å². The van der Waals surface area contributed by atoms with Crippen molar-refractivity contribution in [3.05, 3.63) is 92.0 Å². The summed E-state index contributed by atoms with van der Waals surface area (Å²) in [6.45, 7) is 3.38. The lowest BCUT2D eigenvalue weighted by atomic mass is 10.1. The second kappa shape index (κ2) is 14.6.